The maximum Gasteiger partial charge on any atom is 0.131 e. The van der Waals surface area contributed by atoms with Crippen molar-refractivity contribution in [1.82, 2.24) is 5.32 Å². The average Bonchev–Trinajstić information content (AvgIpc) is 2.46. The molecule has 0 heterocycles. The van der Waals surface area contributed by atoms with Gasteiger partial charge in [0.1, 0.15) is 11.6 Å². The van der Waals surface area contributed by atoms with Gasteiger partial charge in [-0.3, -0.25) is 0 Å². The highest BCUT2D eigenvalue weighted by atomic mass is 19.1. The van der Waals surface area contributed by atoms with Crippen molar-refractivity contribution in [3.05, 3.63) is 29.6 Å². The highest BCUT2D eigenvalue weighted by Gasteiger charge is 2.20. The van der Waals surface area contributed by atoms with E-state index in [-0.39, 0.29) is 18.0 Å². The first-order chi connectivity index (χ1) is 9.60. The van der Waals surface area contributed by atoms with Gasteiger partial charge in [-0.15, -0.1) is 0 Å². The van der Waals surface area contributed by atoms with Gasteiger partial charge in [0.25, 0.3) is 0 Å². The van der Waals surface area contributed by atoms with Gasteiger partial charge in [-0.05, 0) is 51.1 Å². The summed E-state index contributed by atoms with van der Waals surface area (Å²) in [5.41, 5.74) is 0.668. The largest absolute Gasteiger partial charge is 0.497 e. The highest BCUT2D eigenvalue weighted by Crippen LogP contribution is 2.25. The third kappa shape index (κ3) is 3.93. The third-order valence-electron chi connectivity index (χ3n) is 4.20. The first-order valence-corrected chi connectivity index (χ1v) is 7.35. The molecular formula is C16H24FNO2. The molecule has 1 fully saturated rings. The lowest BCUT2D eigenvalue weighted by Crippen LogP contribution is -2.30. The van der Waals surface area contributed by atoms with Crippen molar-refractivity contribution >= 4 is 0 Å². The number of aliphatic hydroxyl groups is 1. The van der Waals surface area contributed by atoms with Crippen molar-refractivity contribution in [3.8, 4) is 5.75 Å². The highest BCUT2D eigenvalue weighted by molar-refractivity contribution is 5.30. The second kappa shape index (κ2) is 7.04. The van der Waals surface area contributed by atoms with Crippen molar-refractivity contribution in [2.24, 2.45) is 5.92 Å². The number of hydrogen-bond donors (Lipinski definition) is 2. The molecule has 0 radical (unpaired) electrons. The Bertz CT molecular complexity index is 430. The van der Waals surface area contributed by atoms with E-state index in [1.165, 1.54) is 13.2 Å². The maximum atomic E-state index is 14.0. The summed E-state index contributed by atoms with van der Waals surface area (Å²) in [5, 5.41) is 12.9. The van der Waals surface area contributed by atoms with Crippen LogP contribution in [-0.2, 0) is 0 Å². The Morgan fingerprint density at radius 2 is 2.05 bits per heavy atom. The molecule has 1 aromatic carbocycles. The molecule has 1 aliphatic rings. The lowest BCUT2D eigenvalue weighted by Gasteiger charge is -2.27. The van der Waals surface area contributed by atoms with Gasteiger partial charge in [-0.1, -0.05) is 6.07 Å². The van der Waals surface area contributed by atoms with Gasteiger partial charge >= 0.3 is 0 Å². The standard InChI is InChI=1S/C16H24FNO2/c1-11(15-8-7-14(20-2)9-16(15)17)18-10-12-3-5-13(19)6-4-12/h7-9,11-13,18-19H,3-6,10H2,1-2H3. The molecule has 2 N–H and O–H groups in total. The van der Waals surface area contributed by atoms with Gasteiger partial charge in [0.15, 0.2) is 0 Å². The molecule has 4 heteroatoms. The molecule has 112 valence electrons. The van der Waals surface area contributed by atoms with E-state index >= 15 is 0 Å². The molecule has 1 saturated carbocycles. The minimum atomic E-state index is -0.233. The molecule has 20 heavy (non-hydrogen) atoms. The predicted molar refractivity (Wildman–Crippen MR) is 77.3 cm³/mol. The Balaban J connectivity index is 1.87. The number of methoxy groups -OCH3 is 1. The molecule has 0 aliphatic heterocycles. The van der Waals surface area contributed by atoms with Crippen LogP contribution >= 0.6 is 0 Å². The number of nitrogens with one attached hydrogen (secondary N) is 1. The smallest absolute Gasteiger partial charge is 0.131 e. The van der Waals surface area contributed by atoms with Gasteiger partial charge in [-0.2, -0.15) is 0 Å². The van der Waals surface area contributed by atoms with Crippen LogP contribution in [0.2, 0.25) is 0 Å². The van der Waals surface area contributed by atoms with E-state index in [9.17, 15) is 9.50 Å². The fraction of sp³-hybridized carbons (Fsp3) is 0.625. The van der Waals surface area contributed by atoms with E-state index in [2.05, 4.69) is 5.32 Å². The molecule has 3 nitrogen and oxygen atoms in total. The van der Waals surface area contributed by atoms with Gasteiger partial charge in [0.05, 0.1) is 13.2 Å². The van der Waals surface area contributed by atoms with Crippen molar-refractivity contribution in [1.29, 1.82) is 0 Å². The van der Waals surface area contributed by atoms with Crippen LogP contribution in [0.3, 0.4) is 0 Å². The van der Waals surface area contributed by atoms with Crippen molar-refractivity contribution in [3.63, 3.8) is 0 Å². The molecular weight excluding hydrogens is 257 g/mol. The van der Waals surface area contributed by atoms with Crippen LogP contribution in [-0.4, -0.2) is 24.9 Å². The fourth-order valence-corrected chi connectivity index (χ4v) is 2.79. The molecule has 1 aliphatic carbocycles. The summed E-state index contributed by atoms with van der Waals surface area (Å²) < 4.78 is 19.0. The van der Waals surface area contributed by atoms with Crippen LogP contribution in [0, 0.1) is 11.7 Å². The zero-order chi connectivity index (χ0) is 14.5. The van der Waals surface area contributed by atoms with Gasteiger partial charge < -0.3 is 15.2 Å². The predicted octanol–water partition coefficient (Wildman–Crippen LogP) is 3.04. The number of rotatable bonds is 5. The molecule has 0 aromatic heterocycles. The second-order valence-electron chi connectivity index (χ2n) is 5.69. The van der Waals surface area contributed by atoms with E-state index in [4.69, 9.17) is 4.74 Å². The second-order valence-corrected chi connectivity index (χ2v) is 5.69. The molecule has 0 saturated heterocycles. The first kappa shape index (κ1) is 15.3. The summed E-state index contributed by atoms with van der Waals surface area (Å²) in [6, 6.07) is 4.96. The number of aliphatic hydroxyl groups excluding tert-OH is 1. The van der Waals surface area contributed by atoms with E-state index in [1.807, 2.05) is 6.92 Å². The average molecular weight is 281 g/mol. The summed E-state index contributed by atoms with van der Waals surface area (Å²) in [5.74, 6) is 0.894. The van der Waals surface area contributed by atoms with E-state index in [0.717, 1.165) is 32.2 Å². The van der Waals surface area contributed by atoms with Crippen LogP contribution in [0.5, 0.6) is 5.75 Å². The zero-order valence-corrected chi connectivity index (χ0v) is 12.2. The molecule has 1 atom stereocenters. The first-order valence-electron chi connectivity index (χ1n) is 7.35. The van der Waals surface area contributed by atoms with Crippen LogP contribution in [0.4, 0.5) is 4.39 Å². The molecule has 1 unspecified atom stereocenters. The van der Waals surface area contributed by atoms with Gasteiger partial charge in [0, 0.05) is 17.7 Å². The minimum absolute atomic E-state index is 0.0206. The number of ether oxygens (including phenoxy) is 1. The topological polar surface area (TPSA) is 41.5 Å². The summed E-state index contributed by atoms with van der Waals surface area (Å²) in [4.78, 5) is 0. The van der Waals surface area contributed by atoms with Crippen molar-refractivity contribution in [2.45, 2.75) is 44.8 Å². The normalized spacial score (nSPS) is 24.4. The minimum Gasteiger partial charge on any atom is -0.497 e. The summed E-state index contributed by atoms with van der Waals surface area (Å²) >= 11 is 0. The SMILES string of the molecule is COc1ccc(C(C)NCC2CCC(O)CC2)c(F)c1. The monoisotopic (exact) mass is 281 g/mol. The van der Waals surface area contributed by atoms with E-state index < -0.39 is 0 Å². The zero-order valence-electron chi connectivity index (χ0n) is 12.2. The Hall–Kier alpha value is -1.13. The van der Waals surface area contributed by atoms with Gasteiger partial charge in [0.2, 0.25) is 0 Å². The van der Waals surface area contributed by atoms with Crippen LogP contribution in [0.15, 0.2) is 18.2 Å². The van der Waals surface area contributed by atoms with E-state index in [0.29, 0.717) is 17.2 Å². The van der Waals surface area contributed by atoms with Crippen molar-refractivity contribution in [2.75, 3.05) is 13.7 Å². The third-order valence-corrected chi connectivity index (χ3v) is 4.20. The lowest BCUT2D eigenvalue weighted by atomic mass is 9.87. The number of halogens is 1. The van der Waals surface area contributed by atoms with E-state index in [1.54, 1.807) is 12.1 Å². The molecule has 0 amide bonds. The van der Waals surface area contributed by atoms with Crippen LogP contribution < -0.4 is 10.1 Å². The van der Waals surface area contributed by atoms with Crippen LogP contribution in [0.25, 0.3) is 0 Å². The van der Waals surface area contributed by atoms with Gasteiger partial charge in [-0.25, -0.2) is 4.39 Å². The lowest BCUT2D eigenvalue weighted by molar-refractivity contribution is 0.107. The summed E-state index contributed by atoms with van der Waals surface area (Å²) in [7, 11) is 1.54. The fourth-order valence-electron chi connectivity index (χ4n) is 2.79. The Kier molecular flexibility index (Phi) is 5.38. The number of hydrogen-bond acceptors (Lipinski definition) is 3. The summed E-state index contributed by atoms with van der Waals surface area (Å²) in [6.07, 6.45) is 3.75. The Labute approximate surface area is 120 Å². The Morgan fingerprint density at radius 3 is 2.65 bits per heavy atom. The maximum absolute atomic E-state index is 14.0. The Morgan fingerprint density at radius 1 is 1.35 bits per heavy atom. The molecule has 1 aromatic rings. The molecule has 2 rings (SSSR count). The van der Waals surface area contributed by atoms with Crippen molar-refractivity contribution < 1.29 is 14.2 Å². The number of benzene rings is 1. The van der Waals surface area contributed by atoms with Crippen LogP contribution in [0.1, 0.15) is 44.2 Å². The molecule has 0 spiro atoms. The molecule has 0 bridgehead atoms. The summed E-state index contributed by atoms with van der Waals surface area (Å²) in [6.45, 7) is 2.85. The quantitative estimate of drug-likeness (QED) is 0.871.